The molecule has 0 heteroatoms. The highest BCUT2D eigenvalue weighted by Gasteiger charge is 2.21. The molecule has 0 nitrogen and oxygen atoms in total. The molecule has 0 aliphatic rings. The molecule has 3 aromatic rings. The SMILES string of the molecule is CC(C)(c1ccccc1)c1ccccc1.CC(C)c1ccccc1. The van der Waals surface area contributed by atoms with Gasteiger partial charge in [-0.05, 0) is 22.6 Å². The summed E-state index contributed by atoms with van der Waals surface area (Å²) in [7, 11) is 0. The lowest BCUT2D eigenvalue weighted by molar-refractivity contribution is 0.641. The minimum atomic E-state index is 0.0858. The molecule has 0 fully saturated rings. The first-order chi connectivity index (χ1) is 11.5. The lowest BCUT2D eigenvalue weighted by Crippen LogP contribution is -2.18. The highest BCUT2D eigenvalue weighted by molar-refractivity contribution is 5.36. The maximum absolute atomic E-state index is 2.26. The fraction of sp³-hybridized carbons (Fsp3) is 0.250. The summed E-state index contributed by atoms with van der Waals surface area (Å²) in [6.45, 7) is 8.93. The average Bonchev–Trinajstić information content (AvgIpc) is 2.64. The summed E-state index contributed by atoms with van der Waals surface area (Å²) in [5.74, 6) is 0.659. The summed E-state index contributed by atoms with van der Waals surface area (Å²) in [5, 5.41) is 0. The summed E-state index contributed by atoms with van der Waals surface area (Å²) in [4.78, 5) is 0. The zero-order valence-corrected chi connectivity index (χ0v) is 15.2. The van der Waals surface area contributed by atoms with E-state index in [9.17, 15) is 0 Å². The van der Waals surface area contributed by atoms with Gasteiger partial charge in [0.2, 0.25) is 0 Å². The first kappa shape index (κ1) is 18.0. The molecular formula is C24H28. The summed E-state index contributed by atoms with van der Waals surface area (Å²) >= 11 is 0. The van der Waals surface area contributed by atoms with Crippen molar-refractivity contribution < 1.29 is 0 Å². The van der Waals surface area contributed by atoms with Gasteiger partial charge in [-0.3, -0.25) is 0 Å². The van der Waals surface area contributed by atoms with Gasteiger partial charge < -0.3 is 0 Å². The molecule has 3 aromatic carbocycles. The van der Waals surface area contributed by atoms with Crippen LogP contribution in [0.25, 0.3) is 0 Å². The first-order valence-corrected chi connectivity index (χ1v) is 8.68. The van der Waals surface area contributed by atoms with Crippen molar-refractivity contribution in [3.8, 4) is 0 Å². The Morgan fingerprint density at radius 1 is 0.542 bits per heavy atom. The molecule has 0 N–H and O–H groups in total. The van der Waals surface area contributed by atoms with Crippen LogP contribution in [0.4, 0.5) is 0 Å². The molecule has 0 spiro atoms. The maximum atomic E-state index is 2.26. The highest BCUT2D eigenvalue weighted by Crippen LogP contribution is 2.30. The van der Waals surface area contributed by atoms with Crippen LogP contribution in [-0.2, 0) is 5.41 Å². The van der Waals surface area contributed by atoms with Gasteiger partial charge in [-0.2, -0.15) is 0 Å². The normalized spacial score (nSPS) is 10.9. The Kier molecular flexibility index (Phi) is 6.37. The Balaban J connectivity index is 0.000000198. The van der Waals surface area contributed by atoms with Crippen LogP contribution in [0.5, 0.6) is 0 Å². The van der Waals surface area contributed by atoms with E-state index in [-0.39, 0.29) is 5.41 Å². The summed E-state index contributed by atoms with van der Waals surface area (Å²) < 4.78 is 0. The van der Waals surface area contributed by atoms with E-state index in [1.807, 2.05) is 6.07 Å². The molecule has 124 valence electrons. The van der Waals surface area contributed by atoms with Crippen molar-refractivity contribution in [1.29, 1.82) is 0 Å². The Labute approximate surface area is 147 Å². The van der Waals surface area contributed by atoms with E-state index < -0.39 is 0 Å². The number of benzene rings is 3. The molecule has 0 aliphatic heterocycles. The van der Waals surface area contributed by atoms with Crippen molar-refractivity contribution in [2.24, 2.45) is 0 Å². The molecule has 0 radical (unpaired) electrons. The lowest BCUT2D eigenvalue weighted by atomic mass is 9.78. The summed E-state index contributed by atoms with van der Waals surface area (Å²) in [5.41, 5.74) is 4.22. The molecule has 0 bridgehead atoms. The third-order valence-electron chi connectivity index (χ3n) is 4.46. The van der Waals surface area contributed by atoms with Gasteiger partial charge in [0.1, 0.15) is 0 Å². The Morgan fingerprint density at radius 2 is 0.875 bits per heavy atom. The Morgan fingerprint density at radius 3 is 1.17 bits per heavy atom. The molecule has 0 aliphatic carbocycles. The standard InChI is InChI=1S/C15H16.C9H12/c1-15(2,13-9-5-3-6-10-13)14-11-7-4-8-12-14;1-8(2)9-6-4-3-5-7-9/h3-12H,1-2H3;3-8H,1-2H3. The van der Waals surface area contributed by atoms with Crippen molar-refractivity contribution >= 4 is 0 Å². The lowest BCUT2D eigenvalue weighted by Gasteiger charge is -2.25. The predicted molar refractivity (Wildman–Crippen MR) is 106 cm³/mol. The van der Waals surface area contributed by atoms with Crippen LogP contribution in [0.1, 0.15) is 50.3 Å². The molecule has 0 saturated heterocycles. The maximum Gasteiger partial charge on any atom is 0.0146 e. The second-order valence-corrected chi connectivity index (χ2v) is 6.92. The number of hydrogen-bond donors (Lipinski definition) is 0. The fourth-order valence-electron chi connectivity index (χ4n) is 2.71. The molecule has 0 heterocycles. The van der Waals surface area contributed by atoms with Crippen LogP contribution in [0.15, 0.2) is 91.0 Å². The van der Waals surface area contributed by atoms with E-state index >= 15 is 0 Å². The zero-order chi connectivity index (χ0) is 17.4. The largest absolute Gasteiger partial charge is 0.0622 e. The van der Waals surface area contributed by atoms with Gasteiger partial charge in [0.15, 0.2) is 0 Å². The molecule has 0 amide bonds. The van der Waals surface area contributed by atoms with Crippen molar-refractivity contribution in [2.45, 2.75) is 39.0 Å². The van der Waals surface area contributed by atoms with Gasteiger partial charge >= 0.3 is 0 Å². The molecule has 0 aromatic heterocycles. The molecule has 3 rings (SSSR count). The van der Waals surface area contributed by atoms with Gasteiger partial charge in [-0.15, -0.1) is 0 Å². The van der Waals surface area contributed by atoms with Crippen LogP contribution in [0.3, 0.4) is 0 Å². The minimum absolute atomic E-state index is 0.0858. The van der Waals surface area contributed by atoms with Gasteiger partial charge in [0.05, 0.1) is 0 Å². The van der Waals surface area contributed by atoms with Crippen molar-refractivity contribution in [1.82, 2.24) is 0 Å². The van der Waals surface area contributed by atoms with E-state index in [4.69, 9.17) is 0 Å². The second kappa shape index (κ2) is 8.49. The highest BCUT2D eigenvalue weighted by atomic mass is 14.2. The Hall–Kier alpha value is -2.34. The monoisotopic (exact) mass is 316 g/mol. The topological polar surface area (TPSA) is 0 Å². The molecule has 24 heavy (non-hydrogen) atoms. The molecule has 0 atom stereocenters. The van der Waals surface area contributed by atoms with Crippen molar-refractivity contribution in [2.75, 3.05) is 0 Å². The third-order valence-corrected chi connectivity index (χ3v) is 4.46. The van der Waals surface area contributed by atoms with Gasteiger partial charge in [-0.25, -0.2) is 0 Å². The van der Waals surface area contributed by atoms with E-state index in [1.54, 1.807) is 0 Å². The zero-order valence-electron chi connectivity index (χ0n) is 15.2. The first-order valence-electron chi connectivity index (χ1n) is 8.68. The second-order valence-electron chi connectivity index (χ2n) is 6.92. The average molecular weight is 316 g/mol. The fourth-order valence-corrected chi connectivity index (χ4v) is 2.71. The quantitative estimate of drug-likeness (QED) is 0.497. The molecule has 0 saturated carbocycles. The number of hydrogen-bond acceptors (Lipinski definition) is 0. The van der Waals surface area contributed by atoms with Crippen LogP contribution in [-0.4, -0.2) is 0 Å². The molecular weight excluding hydrogens is 288 g/mol. The van der Waals surface area contributed by atoms with Crippen LogP contribution >= 0.6 is 0 Å². The van der Waals surface area contributed by atoms with Gasteiger partial charge in [0, 0.05) is 5.41 Å². The van der Waals surface area contributed by atoms with E-state index in [0.29, 0.717) is 5.92 Å². The van der Waals surface area contributed by atoms with E-state index in [2.05, 4.69) is 113 Å². The van der Waals surface area contributed by atoms with Crippen LogP contribution < -0.4 is 0 Å². The molecule has 0 unspecified atom stereocenters. The van der Waals surface area contributed by atoms with Crippen LogP contribution in [0.2, 0.25) is 0 Å². The van der Waals surface area contributed by atoms with E-state index in [0.717, 1.165) is 0 Å². The number of rotatable bonds is 3. The van der Waals surface area contributed by atoms with Crippen molar-refractivity contribution in [3.05, 3.63) is 108 Å². The van der Waals surface area contributed by atoms with E-state index in [1.165, 1.54) is 16.7 Å². The predicted octanol–water partition coefficient (Wildman–Crippen LogP) is 6.82. The summed E-state index contributed by atoms with van der Waals surface area (Å²) in [6, 6.07) is 31.8. The minimum Gasteiger partial charge on any atom is -0.0622 e. The van der Waals surface area contributed by atoms with Gasteiger partial charge in [0.25, 0.3) is 0 Å². The third kappa shape index (κ3) is 4.83. The van der Waals surface area contributed by atoms with Crippen LogP contribution in [0, 0.1) is 0 Å². The smallest absolute Gasteiger partial charge is 0.0146 e. The van der Waals surface area contributed by atoms with Crippen molar-refractivity contribution in [3.63, 3.8) is 0 Å². The summed E-state index contributed by atoms with van der Waals surface area (Å²) in [6.07, 6.45) is 0. The van der Waals surface area contributed by atoms with Gasteiger partial charge in [-0.1, -0.05) is 119 Å². The Bertz CT molecular complexity index is 653.